The normalized spacial score (nSPS) is 10.0. The summed E-state index contributed by atoms with van der Waals surface area (Å²) in [5, 5.41) is 0. The third kappa shape index (κ3) is 2.49. The van der Waals surface area contributed by atoms with E-state index in [1.54, 1.807) is 12.4 Å². The zero-order valence-corrected chi connectivity index (χ0v) is 7.22. The van der Waals surface area contributed by atoms with Gasteiger partial charge in [-0.2, -0.15) is 4.33 Å². The van der Waals surface area contributed by atoms with Crippen LogP contribution < -0.4 is 0 Å². The van der Waals surface area contributed by atoms with Crippen LogP contribution in [0.25, 0.3) is 0 Å². The fourth-order valence-electron chi connectivity index (χ4n) is 0.607. The molecule has 0 amide bonds. The zero-order valence-electron chi connectivity index (χ0n) is 6.40. The van der Waals surface area contributed by atoms with Gasteiger partial charge in [0.2, 0.25) is 0 Å². The van der Waals surface area contributed by atoms with Crippen LogP contribution in [-0.4, -0.2) is 12.1 Å². The number of rotatable bonds is 3. The number of aryl methyl sites for hydroxylation is 1. The van der Waals surface area contributed by atoms with Crippen molar-refractivity contribution in [1.29, 1.82) is 0 Å². The Hall–Kier alpha value is -0.580. The molecule has 3 nitrogen and oxygen atoms in total. The summed E-state index contributed by atoms with van der Waals surface area (Å²) < 4.78 is 4.68. The van der Waals surface area contributed by atoms with Gasteiger partial charge in [-0.05, 0) is 18.6 Å². The molecule has 0 saturated heterocycles. The summed E-state index contributed by atoms with van der Waals surface area (Å²) in [5.74, 6) is 0. The van der Waals surface area contributed by atoms with Gasteiger partial charge in [-0.3, -0.25) is 4.98 Å². The summed E-state index contributed by atoms with van der Waals surface area (Å²) >= 11 is 1.16. The van der Waals surface area contributed by atoms with E-state index in [9.17, 15) is 0 Å². The highest BCUT2D eigenvalue weighted by molar-refractivity contribution is 7.94. The Bertz CT molecular complexity index is 229. The predicted octanol–water partition coefficient (Wildman–Crippen LogP) is 1.98. The molecule has 0 aliphatic heterocycles. The van der Waals surface area contributed by atoms with Crippen LogP contribution in [0.3, 0.4) is 0 Å². The van der Waals surface area contributed by atoms with Crippen molar-refractivity contribution in [2.24, 2.45) is 0 Å². The predicted molar refractivity (Wildman–Crippen MR) is 42.9 cm³/mol. The van der Waals surface area contributed by atoms with Gasteiger partial charge in [0.05, 0.1) is 24.0 Å². The Labute approximate surface area is 69.9 Å². The molecule has 1 aromatic rings. The first-order valence-electron chi connectivity index (χ1n) is 3.12. The lowest BCUT2D eigenvalue weighted by Crippen LogP contribution is -1.83. The van der Waals surface area contributed by atoms with Crippen molar-refractivity contribution in [2.45, 2.75) is 11.8 Å². The maximum atomic E-state index is 4.68. The number of hydrogen-bond acceptors (Lipinski definition) is 4. The molecule has 0 aliphatic rings. The number of pyridine rings is 1. The molecule has 60 valence electrons. The molecule has 0 radical (unpaired) electrons. The van der Waals surface area contributed by atoms with Gasteiger partial charge in [0, 0.05) is 12.4 Å². The van der Waals surface area contributed by atoms with Crippen molar-refractivity contribution in [1.82, 2.24) is 4.98 Å². The van der Waals surface area contributed by atoms with E-state index in [2.05, 4.69) is 14.2 Å². The Morgan fingerprint density at radius 1 is 1.55 bits per heavy atom. The van der Waals surface area contributed by atoms with Crippen LogP contribution in [0.2, 0.25) is 0 Å². The van der Waals surface area contributed by atoms with Crippen molar-refractivity contribution >= 4 is 12.0 Å². The Balaban J connectivity index is 2.62. The summed E-state index contributed by atoms with van der Waals surface area (Å²) in [7, 11) is 1.47. The lowest BCUT2D eigenvalue weighted by Gasteiger charge is -2.00. The van der Waals surface area contributed by atoms with Gasteiger partial charge in [-0.25, -0.2) is 4.89 Å². The molecule has 0 bridgehead atoms. The first-order valence-corrected chi connectivity index (χ1v) is 3.86. The third-order valence-electron chi connectivity index (χ3n) is 1.18. The van der Waals surface area contributed by atoms with Crippen LogP contribution in [0.4, 0.5) is 0 Å². The molecular formula is C7H9NO2S. The summed E-state index contributed by atoms with van der Waals surface area (Å²) in [4.78, 5) is 9.34. The monoisotopic (exact) mass is 171 g/mol. The molecular weight excluding hydrogens is 162 g/mol. The minimum absolute atomic E-state index is 0.967. The maximum absolute atomic E-state index is 4.68. The van der Waals surface area contributed by atoms with Crippen molar-refractivity contribution < 1.29 is 9.22 Å². The molecule has 1 aromatic heterocycles. The Morgan fingerprint density at radius 2 is 2.36 bits per heavy atom. The second-order valence-corrected chi connectivity index (χ2v) is 2.70. The van der Waals surface area contributed by atoms with Gasteiger partial charge < -0.3 is 0 Å². The van der Waals surface area contributed by atoms with Gasteiger partial charge >= 0.3 is 0 Å². The number of hydrogen-bond donors (Lipinski definition) is 0. The lowest BCUT2D eigenvalue weighted by atomic mass is 10.3. The molecule has 0 N–H and O–H groups in total. The van der Waals surface area contributed by atoms with Crippen molar-refractivity contribution in [3.8, 4) is 0 Å². The molecule has 1 heterocycles. The van der Waals surface area contributed by atoms with E-state index in [1.165, 1.54) is 7.11 Å². The minimum atomic E-state index is 0.967. The van der Waals surface area contributed by atoms with E-state index in [0.29, 0.717) is 0 Å². The van der Waals surface area contributed by atoms with Gasteiger partial charge in [-0.15, -0.1) is 0 Å². The zero-order chi connectivity index (χ0) is 8.10. The smallest absolute Gasteiger partial charge is 0.0725 e. The summed E-state index contributed by atoms with van der Waals surface area (Å²) in [6, 6.07) is 1.92. The van der Waals surface area contributed by atoms with Crippen molar-refractivity contribution in [3.63, 3.8) is 0 Å². The first-order chi connectivity index (χ1) is 5.34. The van der Waals surface area contributed by atoms with E-state index < -0.39 is 0 Å². The summed E-state index contributed by atoms with van der Waals surface area (Å²) in [6.45, 7) is 1.99. The topological polar surface area (TPSA) is 31.4 Å². The Kier molecular flexibility index (Phi) is 3.35. The number of aromatic nitrogens is 1. The van der Waals surface area contributed by atoms with Crippen molar-refractivity contribution in [2.75, 3.05) is 7.11 Å². The molecule has 0 saturated carbocycles. The average Bonchev–Trinajstić information content (AvgIpc) is 2.03. The average molecular weight is 171 g/mol. The fraction of sp³-hybridized carbons (Fsp3) is 0.286. The van der Waals surface area contributed by atoms with Crippen LogP contribution in [0.5, 0.6) is 0 Å². The SMILES string of the molecule is COOSc1cnccc1C. The van der Waals surface area contributed by atoms with Crippen LogP contribution in [-0.2, 0) is 9.22 Å². The highest BCUT2D eigenvalue weighted by Crippen LogP contribution is 2.21. The van der Waals surface area contributed by atoms with Gasteiger partial charge in [0.25, 0.3) is 0 Å². The molecule has 0 atom stereocenters. The maximum Gasteiger partial charge on any atom is 0.0725 e. The minimum Gasteiger partial charge on any atom is -0.263 e. The molecule has 4 heteroatoms. The molecule has 1 rings (SSSR count). The molecule has 0 aromatic carbocycles. The van der Waals surface area contributed by atoms with Gasteiger partial charge in [-0.1, -0.05) is 0 Å². The quantitative estimate of drug-likeness (QED) is 0.395. The second-order valence-electron chi connectivity index (χ2n) is 1.96. The van der Waals surface area contributed by atoms with Crippen LogP contribution >= 0.6 is 12.0 Å². The van der Waals surface area contributed by atoms with E-state index in [0.717, 1.165) is 22.5 Å². The van der Waals surface area contributed by atoms with Crippen LogP contribution in [0.1, 0.15) is 5.56 Å². The highest BCUT2D eigenvalue weighted by Gasteiger charge is 1.97. The molecule has 0 spiro atoms. The number of nitrogens with zero attached hydrogens (tertiary/aromatic N) is 1. The van der Waals surface area contributed by atoms with Gasteiger partial charge in [0.1, 0.15) is 0 Å². The third-order valence-corrected chi connectivity index (χ3v) is 1.99. The van der Waals surface area contributed by atoms with Gasteiger partial charge in [0.15, 0.2) is 0 Å². The van der Waals surface area contributed by atoms with E-state index in [4.69, 9.17) is 0 Å². The molecule has 0 fully saturated rings. The summed E-state index contributed by atoms with van der Waals surface area (Å²) in [5.41, 5.74) is 1.13. The molecule has 11 heavy (non-hydrogen) atoms. The fourth-order valence-corrected chi connectivity index (χ4v) is 1.05. The molecule has 0 aliphatic carbocycles. The van der Waals surface area contributed by atoms with Crippen LogP contribution in [0.15, 0.2) is 23.4 Å². The van der Waals surface area contributed by atoms with Crippen molar-refractivity contribution in [3.05, 3.63) is 24.0 Å². The Morgan fingerprint density at radius 3 is 3.00 bits per heavy atom. The first kappa shape index (κ1) is 8.52. The van der Waals surface area contributed by atoms with E-state index >= 15 is 0 Å². The van der Waals surface area contributed by atoms with E-state index in [-0.39, 0.29) is 0 Å². The standard InChI is InChI=1S/C7H9NO2S/c1-6-3-4-8-5-7(6)11-10-9-2/h3-5H,1-2H3. The highest BCUT2D eigenvalue weighted by atomic mass is 32.2. The van der Waals surface area contributed by atoms with Crippen LogP contribution in [0, 0.1) is 6.92 Å². The lowest BCUT2D eigenvalue weighted by molar-refractivity contribution is -0.160. The molecule has 0 unspecified atom stereocenters. The summed E-state index contributed by atoms with van der Waals surface area (Å²) in [6.07, 6.45) is 3.48. The second kappa shape index (κ2) is 4.33. The van der Waals surface area contributed by atoms with E-state index in [1.807, 2.05) is 13.0 Å². The largest absolute Gasteiger partial charge is 0.263 e.